The molecule has 0 aromatic carbocycles. The molecule has 0 radical (unpaired) electrons. The lowest BCUT2D eigenvalue weighted by Crippen LogP contribution is -2.49. The third kappa shape index (κ3) is 4.51. The standard InChI is InChI=1S/C19H24N4O4/c1-11-17(12(2)27-23-11)19(26)22-15-8-14(5-6-16(15)24)18(25)21-10-13-4-3-7-20-9-13/h3-4,7,9,14-16,24H,5-6,8,10H2,1-2H3,(H,21,25)(H,22,26)/t14-,15+,16+/m0/s1. The monoisotopic (exact) mass is 372 g/mol. The van der Waals surface area contributed by atoms with Crippen LogP contribution in [0.3, 0.4) is 0 Å². The molecule has 3 atom stereocenters. The Morgan fingerprint density at radius 2 is 2.15 bits per heavy atom. The summed E-state index contributed by atoms with van der Waals surface area (Å²) < 4.78 is 5.02. The van der Waals surface area contributed by atoms with Gasteiger partial charge in [-0.3, -0.25) is 14.6 Å². The number of rotatable bonds is 5. The lowest BCUT2D eigenvalue weighted by Gasteiger charge is -2.33. The van der Waals surface area contributed by atoms with Gasteiger partial charge in [-0.2, -0.15) is 0 Å². The van der Waals surface area contributed by atoms with E-state index >= 15 is 0 Å². The quantitative estimate of drug-likeness (QED) is 0.727. The second-order valence-corrected chi connectivity index (χ2v) is 6.94. The minimum absolute atomic E-state index is 0.0812. The molecule has 8 nitrogen and oxygen atoms in total. The van der Waals surface area contributed by atoms with Gasteiger partial charge in [-0.25, -0.2) is 0 Å². The van der Waals surface area contributed by atoms with Crippen LogP contribution in [0.15, 0.2) is 29.0 Å². The zero-order valence-corrected chi connectivity index (χ0v) is 15.4. The second kappa shape index (κ2) is 8.30. The van der Waals surface area contributed by atoms with E-state index in [9.17, 15) is 14.7 Å². The van der Waals surface area contributed by atoms with Crippen LogP contribution < -0.4 is 10.6 Å². The van der Waals surface area contributed by atoms with E-state index in [0.29, 0.717) is 42.8 Å². The molecule has 3 rings (SSSR count). The molecule has 1 aliphatic carbocycles. The van der Waals surface area contributed by atoms with E-state index < -0.39 is 12.1 Å². The summed E-state index contributed by atoms with van der Waals surface area (Å²) in [5.74, 6) is -0.254. The maximum atomic E-state index is 12.5. The molecule has 1 aliphatic rings. The number of carbonyl (C=O) groups is 2. The number of nitrogens with one attached hydrogen (secondary N) is 2. The van der Waals surface area contributed by atoms with Crippen molar-refractivity contribution in [3.8, 4) is 0 Å². The first-order chi connectivity index (χ1) is 13.0. The molecule has 0 unspecified atom stereocenters. The van der Waals surface area contributed by atoms with Gasteiger partial charge in [0.1, 0.15) is 11.3 Å². The van der Waals surface area contributed by atoms with Crippen molar-refractivity contribution in [2.45, 2.75) is 51.8 Å². The zero-order valence-electron chi connectivity index (χ0n) is 15.4. The van der Waals surface area contributed by atoms with Gasteiger partial charge in [0.2, 0.25) is 5.91 Å². The van der Waals surface area contributed by atoms with E-state index in [1.165, 1.54) is 0 Å². The molecule has 2 aromatic rings. The van der Waals surface area contributed by atoms with Crippen LogP contribution in [-0.2, 0) is 11.3 Å². The molecule has 144 valence electrons. The van der Waals surface area contributed by atoms with Gasteiger partial charge in [-0.15, -0.1) is 0 Å². The van der Waals surface area contributed by atoms with Crippen molar-refractivity contribution >= 4 is 11.8 Å². The summed E-state index contributed by atoms with van der Waals surface area (Å²) in [7, 11) is 0. The lowest BCUT2D eigenvalue weighted by molar-refractivity contribution is -0.127. The highest BCUT2D eigenvalue weighted by molar-refractivity contribution is 5.96. The normalized spacial score (nSPS) is 22.3. The number of aliphatic hydroxyl groups is 1. The van der Waals surface area contributed by atoms with Gasteiger partial charge in [-0.1, -0.05) is 11.2 Å². The molecule has 2 heterocycles. The number of aryl methyl sites for hydroxylation is 2. The van der Waals surface area contributed by atoms with Crippen molar-refractivity contribution in [3.63, 3.8) is 0 Å². The Morgan fingerprint density at radius 3 is 2.81 bits per heavy atom. The number of carbonyl (C=O) groups excluding carboxylic acids is 2. The van der Waals surface area contributed by atoms with Crippen LogP contribution in [0.5, 0.6) is 0 Å². The van der Waals surface area contributed by atoms with Gasteiger partial charge in [0.25, 0.3) is 5.91 Å². The highest BCUT2D eigenvalue weighted by Gasteiger charge is 2.34. The van der Waals surface area contributed by atoms with Crippen LogP contribution in [0.25, 0.3) is 0 Å². The molecule has 27 heavy (non-hydrogen) atoms. The molecule has 0 aliphatic heterocycles. The lowest BCUT2D eigenvalue weighted by atomic mass is 9.83. The van der Waals surface area contributed by atoms with Crippen molar-refractivity contribution in [1.82, 2.24) is 20.8 Å². The fourth-order valence-corrected chi connectivity index (χ4v) is 3.43. The summed E-state index contributed by atoms with van der Waals surface area (Å²) >= 11 is 0. The van der Waals surface area contributed by atoms with E-state index in [1.807, 2.05) is 12.1 Å². The first kappa shape index (κ1) is 19.0. The van der Waals surface area contributed by atoms with Gasteiger partial charge in [0.15, 0.2) is 0 Å². The Balaban J connectivity index is 1.58. The summed E-state index contributed by atoms with van der Waals surface area (Å²) in [6.45, 7) is 3.76. The molecular formula is C19H24N4O4. The van der Waals surface area contributed by atoms with Gasteiger partial charge in [-0.05, 0) is 44.7 Å². The highest BCUT2D eigenvalue weighted by atomic mass is 16.5. The third-order valence-electron chi connectivity index (χ3n) is 4.95. The smallest absolute Gasteiger partial charge is 0.257 e. The average molecular weight is 372 g/mol. The summed E-state index contributed by atoms with van der Waals surface area (Å²) in [6, 6.07) is 3.22. The van der Waals surface area contributed by atoms with Gasteiger partial charge < -0.3 is 20.3 Å². The predicted octanol–water partition coefficient (Wildman–Crippen LogP) is 1.26. The maximum Gasteiger partial charge on any atom is 0.257 e. The van der Waals surface area contributed by atoms with Crippen LogP contribution in [0.1, 0.15) is 46.6 Å². The van der Waals surface area contributed by atoms with Crippen molar-refractivity contribution in [2.24, 2.45) is 5.92 Å². The average Bonchev–Trinajstić information content (AvgIpc) is 3.00. The first-order valence-corrected chi connectivity index (χ1v) is 9.04. The molecule has 0 saturated heterocycles. The summed E-state index contributed by atoms with van der Waals surface area (Å²) in [5.41, 5.74) is 1.80. The van der Waals surface area contributed by atoms with Crippen molar-refractivity contribution in [1.29, 1.82) is 0 Å². The number of nitrogens with zero attached hydrogens (tertiary/aromatic N) is 2. The van der Waals surface area contributed by atoms with Gasteiger partial charge in [0.05, 0.1) is 17.8 Å². The fourth-order valence-electron chi connectivity index (χ4n) is 3.43. The number of hydrogen-bond donors (Lipinski definition) is 3. The predicted molar refractivity (Wildman–Crippen MR) is 96.7 cm³/mol. The first-order valence-electron chi connectivity index (χ1n) is 9.04. The van der Waals surface area contributed by atoms with Crippen LogP contribution in [0.2, 0.25) is 0 Å². The van der Waals surface area contributed by atoms with Crippen LogP contribution >= 0.6 is 0 Å². The molecule has 1 fully saturated rings. The second-order valence-electron chi connectivity index (χ2n) is 6.94. The number of pyridine rings is 1. The Labute approximate surface area is 157 Å². The summed E-state index contributed by atoms with van der Waals surface area (Å²) in [4.78, 5) is 29.0. The highest BCUT2D eigenvalue weighted by Crippen LogP contribution is 2.26. The molecule has 0 spiro atoms. The van der Waals surface area contributed by atoms with E-state index in [1.54, 1.807) is 26.2 Å². The van der Waals surface area contributed by atoms with Crippen LogP contribution in [-0.4, -0.2) is 39.2 Å². The fraction of sp³-hybridized carbons (Fsp3) is 0.474. The van der Waals surface area contributed by atoms with Gasteiger partial charge >= 0.3 is 0 Å². The summed E-state index contributed by atoms with van der Waals surface area (Å²) in [6.07, 6.45) is 4.12. The minimum atomic E-state index is -0.684. The number of aromatic nitrogens is 2. The number of aliphatic hydroxyl groups excluding tert-OH is 1. The van der Waals surface area contributed by atoms with Crippen molar-refractivity contribution in [3.05, 3.63) is 47.1 Å². The molecular weight excluding hydrogens is 348 g/mol. The van der Waals surface area contributed by atoms with E-state index in [4.69, 9.17) is 4.52 Å². The van der Waals surface area contributed by atoms with E-state index in [-0.39, 0.29) is 17.7 Å². The maximum absolute atomic E-state index is 12.5. The summed E-state index contributed by atoms with van der Waals surface area (Å²) in [5, 5.41) is 19.8. The third-order valence-corrected chi connectivity index (χ3v) is 4.95. The topological polar surface area (TPSA) is 117 Å². The molecule has 2 amide bonds. The molecule has 1 saturated carbocycles. The van der Waals surface area contributed by atoms with Crippen molar-refractivity contribution in [2.75, 3.05) is 0 Å². The number of amides is 2. The van der Waals surface area contributed by atoms with Crippen LogP contribution in [0.4, 0.5) is 0 Å². The largest absolute Gasteiger partial charge is 0.391 e. The van der Waals surface area contributed by atoms with Crippen LogP contribution in [0, 0.1) is 19.8 Å². The molecule has 2 aromatic heterocycles. The Hall–Kier alpha value is -2.74. The Morgan fingerprint density at radius 1 is 1.33 bits per heavy atom. The zero-order chi connectivity index (χ0) is 19.4. The number of hydrogen-bond acceptors (Lipinski definition) is 6. The van der Waals surface area contributed by atoms with E-state index in [0.717, 1.165) is 5.56 Å². The minimum Gasteiger partial charge on any atom is -0.391 e. The SMILES string of the molecule is Cc1noc(C)c1C(=O)N[C@@H]1C[C@@H](C(=O)NCc2cccnc2)CC[C@H]1O. The Bertz CT molecular complexity index is 786. The molecule has 0 bridgehead atoms. The molecule has 3 N–H and O–H groups in total. The van der Waals surface area contributed by atoms with Gasteiger partial charge in [0, 0.05) is 24.9 Å². The van der Waals surface area contributed by atoms with Crippen molar-refractivity contribution < 1.29 is 19.2 Å². The Kier molecular flexibility index (Phi) is 5.85. The van der Waals surface area contributed by atoms with E-state index in [2.05, 4.69) is 20.8 Å². The molecule has 8 heteroatoms.